The van der Waals surface area contributed by atoms with Crippen LogP contribution in [0.3, 0.4) is 0 Å². The van der Waals surface area contributed by atoms with Gasteiger partial charge in [0.1, 0.15) is 11.5 Å². The lowest BCUT2D eigenvalue weighted by molar-refractivity contribution is -0.128. The standard InChI is InChI=1S/C16H17BrN2O4S/c1-3-22-12-4-6-13(7-5-12)23-10(2)15(20)18-19-16(21)11-8-14(17)24-9-11/h4-10H,3H2,1-2H3,(H,18,20)(H,19,21). The Balaban J connectivity index is 1.82. The summed E-state index contributed by atoms with van der Waals surface area (Å²) in [6, 6.07) is 8.64. The number of benzene rings is 1. The van der Waals surface area contributed by atoms with Crippen LogP contribution in [0.4, 0.5) is 0 Å². The summed E-state index contributed by atoms with van der Waals surface area (Å²) in [7, 11) is 0. The van der Waals surface area contributed by atoms with Gasteiger partial charge in [-0.15, -0.1) is 11.3 Å². The molecule has 0 radical (unpaired) electrons. The van der Waals surface area contributed by atoms with E-state index in [2.05, 4.69) is 26.8 Å². The van der Waals surface area contributed by atoms with E-state index in [4.69, 9.17) is 9.47 Å². The van der Waals surface area contributed by atoms with Gasteiger partial charge >= 0.3 is 0 Å². The van der Waals surface area contributed by atoms with Gasteiger partial charge in [-0.25, -0.2) is 0 Å². The second-order valence-electron chi connectivity index (χ2n) is 4.75. The highest BCUT2D eigenvalue weighted by Gasteiger charge is 2.16. The monoisotopic (exact) mass is 412 g/mol. The third kappa shape index (κ3) is 5.24. The van der Waals surface area contributed by atoms with Crippen molar-refractivity contribution in [2.24, 2.45) is 0 Å². The van der Waals surface area contributed by atoms with Crippen LogP contribution < -0.4 is 20.3 Å². The van der Waals surface area contributed by atoms with E-state index in [0.29, 0.717) is 17.9 Å². The first-order chi connectivity index (χ1) is 11.5. The van der Waals surface area contributed by atoms with Gasteiger partial charge in [0, 0.05) is 5.38 Å². The van der Waals surface area contributed by atoms with Gasteiger partial charge in [0.05, 0.1) is 16.0 Å². The largest absolute Gasteiger partial charge is 0.494 e. The Hall–Kier alpha value is -2.06. The maximum Gasteiger partial charge on any atom is 0.279 e. The number of rotatable bonds is 6. The van der Waals surface area contributed by atoms with Gasteiger partial charge in [0.15, 0.2) is 6.10 Å². The van der Waals surface area contributed by atoms with Crippen molar-refractivity contribution < 1.29 is 19.1 Å². The Bertz CT molecular complexity index is 702. The minimum atomic E-state index is -0.766. The highest BCUT2D eigenvalue weighted by atomic mass is 79.9. The molecule has 128 valence electrons. The van der Waals surface area contributed by atoms with Gasteiger partial charge in [0.2, 0.25) is 0 Å². The predicted molar refractivity (Wildman–Crippen MR) is 95.3 cm³/mol. The maximum atomic E-state index is 12.0. The molecule has 2 amide bonds. The summed E-state index contributed by atoms with van der Waals surface area (Å²) in [5.74, 6) is 0.426. The normalized spacial score (nSPS) is 11.5. The Kier molecular flexibility index (Phi) is 6.62. The lowest BCUT2D eigenvalue weighted by atomic mass is 10.3. The zero-order valence-corrected chi connectivity index (χ0v) is 15.6. The maximum absolute atomic E-state index is 12.0. The zero-order chi connectivity index (χ0) is 17.5. The number of carbonyl (C=O) groups is 2. The Morgan fingerprint density at radius 1 is 1.21 bits per heavy atom. The van der Waals surface area contributed by atoms with Crippen molar-refractivity contribution in [1.82, 2.24) is 10.9 Å². The molecule has 1 heterocycles. The molecule has 2 N–H and O–H groups in total. The van der Waals surface area contributed by atoms with Gasteiger partial charge in [-0.1, -0.05) is 0 Å². The topological polar surface area (TPSA) is 76.7 Å². The van der Waals surface area contributed by atoms with Crippen LogP contribution >= 0.6 is 27.3 Å². The first-order valence-electron chi connectivity index (χ1n) is 7.23. The first-order valence-corrected chi connectivity index (χ1v) is 8.90. The summed E-state index contributed by atoms with van der Waals surface area (Å²) in [5, 5.41) is 1.69. The van der Waals surface area contributed by atoms with E-state index in [1.807, 2.05) is 6.92 Å². The third-order valence-electron chi connectivity index (χ3n) is 2.95. The van der Waals surface area contributed by atoms with Gasteiger partial charge in [-0.2, -0.15) is 0 Å². The second-order valence-corrected chi connectivity index (χ2v) is 7.04. The van der Waals surface area contributed by atoms with Gasteiger partial charge in [-0.3, -0.25) is 20.4 Å². The molecule has 2 rings (SSSR count). The minimum Gasteiger partial charge on any atom is -0.494 e. The SMILES string of the molecule is CCOc1ccc(OC(C)C(=O)NNC(=O)c2csc(Br)c2)cc1. The number of carbonyl (C=O) groups excluding carboxylic acids is 2. The number of halogens is 1. The number of nitrogens with one attached hydrogen (secondary N) is 2. The van der Waals surface area contributed by atoms with E-state index in [1.54, 1.807) is 42.6 Å². The molecule has 0 bridgehead atoms. The average Bonchev–Trinajstić information content (AvgIpc) is 3.01. The molecule has 0 aliphatic heterocycles. The van der Waals surface area contributed by atoms with Crippen molar-refractivity contribution in [3.63, 3.8) is 0 Å². The number of hydrogen-bond acceptors (Lipinski definition) is 5. The van der Waals surface area contributed by atoms with E-state index in [0.717, 1.165) is 9.54 Å². The van der Waals surface area contributed by atoms with Gasteiger partial charge < -0.3 is 9.47 Å². The lowest BCUT2D eigenvalue weighted by Crippen LogP contribution is -2.47. The molecule has 0 fully saturated rings. The summed E-state index contributed by atoms with van der Waals surface area (Å²) >= 11 is 4.67. The molecular formula is C16H17BrN2O4S. The lowest BCUT2D eigenvalue weighted by Gasteiger charge is -2.15. The number of thiophene rings is 1. The van der Waals surface area contributed by atoms with Crippen molar-refractivity contribution in [3.05, 3.63) is 45.1 Å². The fraction of sp³-hybridized carbons (Fsp3) is 0.250. The number of hydrogen-bond donors (Lipinski definition) is 2. The van der Waals surface area contributed by atoms with Crippen molar-refractivity contribution in [2.45, 2.75) is 20.0 Å². The van der Waals surface area contributed by atoms with Crippen molar-refractivity contribution in [1.29, 1.82) is 0 Å². The number of hydrazine groups is 1. The molecule has 1 unspecified atom stereocenters. The average molecular weight is 413 g/mol. The summed E-state index contributed by atoms with van der Waals surface area (Å²) in [5.41, 5.74) is 5.16. The van der Waals surface area contributed by atoms with Crippen LogP contribution in [-0.4, -0.2) is 24.5 Å². The highest BCUT2D eigenvalue weighted by molar-refractivity contribution is 9.11. The summed E-state index contributed by atoms with van der Waals surface area (Å²) in [6.07, 6.45) is -0.766. The van der Waals surface area contributed by atoms with E-state index >= 15 is 0 Å². The smallest absolute Gasteiger partial charge is 0.279 e. The van der Waals surface area contributed by atoms with Crippen molar-refractivity contribution in [2.75, 3.05) is 6.61 Å². The Labute approximate surface area is 152 Å². The second kappa shape index (κ2) is 8.70. The van der Waals surface area contributed by atoms with E-state index in [-0.39, 0.29) is 0 Å². The van der Waals surface area contributed by atoms with Crippen LogP contribution in [0.5, 0.6) is 11.5 Å². The van der Waals surface area contributed by atoms with Crippen molar-refractivity contribution >= 4 is 39.1 Å². The molecule has 1 atom stereocenters. The molecule has 24 heavy (non-hydrogen) atoms. The molecule has 8 heteroatoms. The first kappa shape index (κ1) is 18.3. The van der Waals surface area contributed by atoms with Crippen LogP contribution in [0, 0.1) is 0 Å². The molecule has 0 spiro atoms. The third-order valence-corrected chi connectivity index (χ3v) is 4.45. The van der Waals surface area contributed by atoms with Gasteiger partial charge in [-0.05, 0) is 60.1 Å². The molecule has 1 aromatic carbocycles. The van der Waals surface area contributed by atoms with E-state index in [1.165, 1.54) is 11.3 Å². The molecule has 6 nitrogen and oxygen atoms in total. The van der Waals surface area contributed by atoms with E-state index in [9.17, 15) is 9.59 Å². The van der Waals surface area contributed by atoms with Crippen LogP contribution in [-0.2, 0) is 4.79 Å². The summed E-state index contributed by atoms with van der Waals surface area (Å²) < 4.78 is 11.7. The van der Waals surface area contributed by atoms with Crippen LogP contribution in [0.15, 0.2) is 39.5 Å². The number of amides is 2. The summed E-state index contributed by atoms with van der Waals surface area (Å²) in [4.78, 5) is 23.8. The fourth-order valence-corrected chi connectivity index (χ4v) is 2.90. The minimum absolute atomic E-state index is 0.390. The molecule has 0 saturated heterocycles. The Morgan fingerprint density at radius 2 is 1.88 bits per heavy atom. The summed E-state index contributed by atoms with van der Waals surface area (Å²) in [6.45, 7) is 4.08. The van der Waals surface area contributed by atoms with Crippen LogP contribution in [0.25, 0.3) is 0 Å². The van der Waals surface area contributed by atoms with Crippen LogP contribution in [0.2, 0.25) is 0 Å². The zero-order valence-electron chi connectivity index (χ0n) is 13.2. The van der Waals surface area contributed by atoms with Gasteiger partial charge in [0.25, 0.3) is 11.8 Å². The highest BCUT2D eigenvalue weighted by Crippen LogP contribution is 2.20. The molecular weight excluding hydrogens is 396 g/mol. The van der Waals surface area contributed by atoms with Crippen molar-refractivity contribution in [3.8, 4) is 11.5 Å². The van der Waals surface area contributed by atoms with E-state index < -0.39 is 17.9 Å². The fourth-order valence-electron chi connectivity index (χ4n) is 1.76. The number of ether oxygens (including phenoxy) is 2. The Morgan fingerprint density at radius 3 is 2.46 bits per heavy atom. The predicted octanol–water partition coefficient (Wildman–Crippen LogP) is 3.14. The quantitative estimate of drug-likeness (QED) is 0.714. The molecule has 0 aliphatic carbocycles. The molecule has 0 aliphatic rings. The van der Waals surface area contributed by atoms with Crippen LogP contribution in [0.1, 0.15) is 24.2 Å². The molecule has 2 aromatic rings. The molecule has 1 aromatic heterocycles. The molecule has 0 saturated carbocycles.